The molecule has 0 spiro atoms. The number of carbonyl (C=O) groups is 1. The molecule has 1 unspecified atom stereocenters. The van der Waals surface area contributed by atoms with Gasteiger partial charge in [-0.15, -0.1) is 0 Å². The minimum atomic E-state index is -0.395. The van der Waals surface area contributed by atoms with Crippen LogP contribution in [0.3, 0.4) is 0 Å². The van der Waals surface area contributed by atoms with Crippen LogP contribution in [0.1, 0.15) is 41.0 Å². The lowest BCUT2D eigenvalue weighted by Crippen LogP contribution is -2.50. The maximum Gasteiger partial charge on any atom is 0.240 e. The summed E-state index contributed by atoms with van der Waals surface area (Å²) in [5.41, 5.74) is 5.89. The average molecular weight is 255 g/mol. The van der Waals surface area contributed by atoms with Gasteiger partial charge in [0.15, 0.2) is 0 Å². The second-order valence-electron chi connectivity index (χ2n) is 6.29. The summed E-state index contributed by atoms with van der Waals surface area (Å²) in [5, 5.41) is 0. The highest BCUT2D eigenvalue weighted by Gasteiger charge is 2.35. The fourth-order valence-corrected chi connectivity index (χ4v) is 2.55. The van der Waals surface area contributed by atoms with Crippen LogP contribution in [0, 0.1) is 5.41 Å². The smallest absolute Gasteiger partial charge is 0.240 e. The van der Waals surface area contributed by atoms with Crippen molar-refractivity contribution in [3.63, 3.8) is 0 Å². The molecule has 2 N–H and O–H groups in total. The number of rotatable bonds is 4. The molecular weight excluding hydrogens is 226 g/mol. The van der Waals surface area contributed by atoms with E-state index < -0.39 is 6.04 Å². The molecule has 1 heterocycles. The minimum Gasteiger partial charge on any atom is -0.340 e. The van der Waals surface area contributed by atoms with Gasteiger partial charge in [0.2, 0.25) is 5.91 Å². The van der Waals surface area contributed by atoms with Crippen LogP contribution in [0.25, 0.3) is 0 Å². The summed E-state index contributed by atoms with van der Waals surface area (Å²) in [6, 6.07) is 0.115. The van der Waals surface area contributed by atoms with Crippen molar-refractivity contribution in [1.29, 1.82) is 0 Å². The van der Waals surface area contributed by atoms with Crippen LogP contribution in [0.5, 0.6) is 0 Å². The van der Waals surface area contributed by atoms with Gasteiger partial charge in [0.05, 0.1) is 6.04 Å². The summed E-state index contributed by atoms with van der Waals surface area (Å²) >= 11 is 0. The summed E-state index contributed by atoms with van der Waals surface area (Å²) in [7, 11) is 0. The third kappa shape index (κ3) is 3.45. The number of likely N-dealkylation sites (N-methyl/N-ethyl adjacent to an activating group) is 1. The molecule has 0 aliphatic carbocycles. The lowest BCUT2D eigenvalue weighted by Gasteiger charge is -2.31. The first kappa shape index (κ1) is 15.4. The summed E-state index contributed by atoms with van der Waals surface area (Å²) < 4.78 is 0. The predicted molar refractivity (Wildman–Crippen MR) is 75.3 cm³/mol. The van der Waals surface area contributed by atoms with E-state index in [0.717, 1.165) is 32.6 Å². The molecule has 1 rings (SSSR count). The maximum absolute atomic E-state index is 12.3. The monoisotopic (exact) mass is 255 g/mol. The second-order valence-corrected chi connectivity index (χ2v) is 6.29. The van der Waals surface area contributed by atoms with E-state index in [1.54, 1.807) is 0 Å². The van der Waals surface area contributed by atoms with Gasteiger partial charge in [-0.1, -0.05) is 34.6 Å². The van der Waals surface area contributed by atoms with Gasteiger partial charge in [0.1, 0.15) is 0 Å². The first-order valence-corrected chi connectivity index (χ1v) is 7.09. The Kier molecular flexibility index (Phi) is 5.17. The molecule has 1 amide bonds. The number of hydrogen-bond donors (Lipinski definition) is 1. The third-order valence-corrected chi connectivity index (χ3v) is 4.00. The van der Waals surface area contributed by atoms with Crippen molar-refractivity contribution in [2.24, 2.45) is 11.1 Å². The molecule has 2 atom stereocenters. The molecule has 0 aromatic heterocycles. The quantitative estimate of drug-likeness (QED) is 0.824. The molecule has 106 valence electrons. The van der Waals surface area contributed by atoms with Gasteiger partial charge in [0.25, 0.3) is 0 Å². The summed E-state index contributed by atoms with van der Waals surface area (Å²) in [5.74, 6) is 0.108. The van der Waals surface area contributed by atoms with Crippen molar-refractivity contribution in [1.82, 2.24) is 9.80 Å². The van der Waals surface area contributed by atoms with Gasteiger partial charge in [-0.3, -0.25) is 9.69 Å². The van der Waals surface area contributed by atoms with E-state index in [1.807, 2.05) is 25.7 Å². The van der Waals surface area contributed by atoms with Gasteiger partial charge in [-0.05, 0) is 24.9 Å². The van der Waals surface area contributed by atoms with E-state index in [9.17, 15) is 4.79 Å². The van der Waals surface area contributed by atoms with Gasteiger partial charge in [0, 0.05) is 19.1 Å². The molecule has 0 saturated carbocycles. The first-order chi connectivity index (χ1) is 8.31. The molecule has 1 aliphatic heterocycles. The Morgan fingerprint density at radius 3 is 2.39 bits per heavy atom. The number of carbonyl (C=O) groups excluding carboxylic acids is 1. The molecule has 0 bridgehead atoms. The normalized spacial score (nSPS) is 22.6. The molecule has 0 radical (unpaired) electrons. The highest BCUT2D eigenvalue weighted by atomic mass is 16.2. The predicted octanol–water partition coefficient (Wildman–Crippen LogP) is 1.30. The Morgan fingerprint density at radius 1 is 1.39 bits per heavy atom. The van der Waals surface area contributed by atoms with E-state index in [0.29, 0.717) is 6.04 Å². The second kappa shape index (κ2) is 6.02. The van der Waals surface area contributed by atoms with Crippen molar-refractivity contribution in [3.8, 4) is 0 Å². The molecule has 4 heteroatoms. The molecule has 1 saturated heterocycles. The summed E-state index contributed by atoms with van der Waals surface area (Å²) in [4.78, 5) is 16.7. The molecule has 18 heavy (non-hydrogen) atoms. The third-order valence-electron chi connectivity index (χ3n) is 4.00. The maximum atomic E-state index is 12.3. The van der Waals surface area contributed by atoms with Crippen molar-refractivity contribution >= 4 is 5.91 Å². The van der Waals surface area contributed by atoms with Crippen LogP contribution in [-0.2, 0) is 4.79 Å². The standard InChI is InChI=1S/C14H29N3O/c1-6-16(7-2)11-8-9-17(10-11)13(18)12(15)14(3,4)5/h11-12H,6-10,15H2,1-5H3/t11?,12-/m1/s1. The SMILES string of the molecule is CCN(CC)C1CCN(C(=O)[C@@H](N)C(C)(C)C)C1. The van der Waals surface area contributed by atoms with Crippen LogP contribution in [-0.4, -0.2) is 54.0 Å². The Labute approximate surface area is 111 Å². The molecule has 1 fully saturated rings. The van der Waals surface area contributed by atoms with E-state index in [1.165, 1.54) is 0 Å². The Bertz CT molecular complexity index is 281. The average Bonchev–Trinajstić information content (AvgIpc) is 2.77. The number of amides is 1. The van der Waals surface area contributed by atoms with Crippen LogP contribution >= 0.6 is 0 Å². The Balaban J connectivity index is 2.59. The van der Waals surface area contributed by atoms with Gasteiger partial charge in [-0.25, -0.2) is 0 Å². The van der Waals surface area contributed by atoms with Crippen molar-refractivity contribution in [3.05, 3.63) is 0 Å². The Hall–Kier alpha value is -0.610. The zero-order valence-corrected chi connectivity index (χ0v) is 12.6. The lowest BCUT2D eigenvalue weighted by atomic mass is 9.86. The van der Waals surface area contributed by atoms with Gasteiger partial charge in [-0.2, -0.15) is 0 Å². The highest BCUT2D eigenvalue weighted by molar-refractivity contribution is 5.82. The van der Waals surface area contributed by atoms with E-state index in [-0.39, 0.29) is 11.3 Å². The lowest BCUT2D eigenvalue weighted by molar-refractivity contribution is -0.134. The van der Waals surface area contributed by atoms with Gasteiger partial charge >= 0.3 is 0 Å². The minimum absolute atomic E-state index is 0.108. The highest BCUT2D eigenvalue weighted by Crippen LogP contribution is 2.22. The molecule has 0 aromatic carbocycles. The summed E-state index contributed by atoms with van der Waals surface area (Å²) in [6.07, 6.45) is 1.07. The zero-order valence-electron chi connectivity index (χ0n) is 12.6. The van der Waals surface area contributed by atoms with Crippen molar-refractivity contribution in [2.45, 2.75) is 53.1 Å². The summed E-state index contributed by atoms with van der Waals surface area (Å²) in [6.45, 7) is 14.2. The topological polar surface area (TPSA) is 49.6 Å². The number of hydrogen-bond acceptors (Lipinski definition) is 3. The Morgan fingerprint density at radius 2 is 1.94 bits per heavy atom. The molecule has 1 aliphatic rings. The largest absolute Gasteiger partial charge is 0.340 e. The fraction of sp³-hybridized carbons (Fsp3) is 0.929. The van der Waals surface area contributed by atoms with Gasteiger partial charge < -0.3 is 10.6 Å². The molecule has 4 nitrogen and oxygen atoms in total. The fourth-order valence-electron chi connectivity index (χ4n) is 2.55. The van der Waals surface area contributed by atoms with Crippen molar-refractivity contribution in [2.75, 3.05) is 26.2 Å². The van der Waals surface area contributed by atoms with Crippen LogP contribution in [0.4, 0.5) is 0 Å². The number of nitrogens with two attached hydrogens (primary N) is 1. The van der Waals surface area contributed by atoms with Crippen molar-refractivity contribution < 1.29 is 4.79 Å². The zero-order chi connectivity index (χ0) is 13.9. The molecule has 0 aromatic rings. The van der Waals surface area contributed by atoms with Crippen LogP contribution in [0.15, 0.2) is 0 Å². The number of nitrogens with zero attached hydrogens (tertiary/aromatic N) is 2. The van der Waals surface area contributed by atoms with Crippen LogP contribution in [0.2, 0.25) is 0 Å². The molecular formula is C14H29N3O. The van der Waals surface area contributed by atoms with E-state index >= 15 is 0 Å². The van der Waals surface area contributed by atoms with Crippen LogP contribution < -0.4 is 5.73 Å². The number of likely N-dealkylation sites (tertiary alicyclic amines) is 1. The van der Waals surface area contributed by atoms with E-state index in [4.69, 9.17) is 5.73 Å². The van der Waals surface area contributed by atoms with E-state index in [2.05, 4.69) is 18.7 Å². The first-order valence-electron chi connectivity index (χ1n) is 7.09.